The van der Waals surface area contributed by atoms with Gasteiger partial charge in [0.15, 0.2) is 17.3 Å². The number of piperidine rings is 1. The van der Waals surface area contributed by atoms with Crippen molar-refractivity contribution in [3.05, 3.63) is 23.3 Å². The largest absolute Gasteiger partial charge is 0.504 e. The zero-order chi connectivity index (χ0) is 27.5. The first kappa shape index (κ1) is 28.1. The van der Waals surface area contributed by atoms with Gasteiger partial charge >= 0.3 is 0 Å². The van der Waals surface area contributed by atoms with Crippen LogP contribution >= 0.6 is 0 Å². The number of methoxy groups -OCH3 is 1. The molecule has 0 aromatic heterocycles. The quantitative estimate of drug-likeness (QED) is 0.394. The number of ether oxygens (including phenoxy) is 1. The van der Waals surface area contributed by atoms with E-state index in [-0.39, 0.29) is 30.5 Å². The molecule has 0 bridgehead atoms. The normalized spacial score (nSPS) is 33.3. The lowest BCUT2D eigenvalue weighted by Crippen LogP contribution is -2.54. The summed E-state index contributed by atoms with van der Waals surface area (Å²) in [6.07, 6.45) is 7.66. The number of hydrogen-bond donors (Lipinski definition) is 4. The lowest BCUT2D eigenvalue weighted by atomic mass is 9.61. The van der Waals surface area contributed by atoms with Crippen molar-refractivity contribution in [2.24, 2.45) is 29.6 Å². The zero-order valence-corrected chi connectivity index (χ0v) is 23.0. The Kier molecular flexibility index (Phi) is 8.96. The summed E-state index contributed by atoms with van der Waals surface area (Å²) in [5, 5.41) is 34.9. The Hall–Kier alpha value is -2.40. The fraction of sp³-hybridized carbons (Fsp3) is 0.688. The van der Waals surface area contributed by atoms with Gasteiger partial charge in [-0.15, -0.1) is 0 Å². The average molecular weight is 538 g/mol. The van der Waals surface area contributed by atoms with E-state index in [0.717, 1.165) is 49.8 Å². The molecular formula is C32H43NO6. The predicted molar refractivity (Wildman–Crippen MR) is 147 cm³/mol. The van der Waals surface area contributed by atoms with Gasteiger partial charge in [-0.05, 0) is 98.4 Å². The number of carbonyl (C=O) groups is 2. The molecule has 1 aromatic carbocycles. The number of aliphatic hydroxyl groups excluding tert-OH is 2. The van der Waals surface area contributed by atoms with E-state index in [1.807, 2.05) is 0 Å². The summed E-state index contributed by atoms with van der Waals surface area (Å²) in [5.41, 5.74) is 1.68. The highest BCUT2D eigenvalue weighted by Crippen LogP contribution is 2.46. The lowest BCUT2D eigenvalue weighted by Gasteiger charge is -2.49. The molecule has 1 heterocycles. The van der Waals surface area contributed by atoms with Crippen molar-refractivity contribution in [3.8, 4) is 23.3 Å². The molecule has 212 valence electrons. The van der Waals surface area contributed by atoms with Gasteiger partial charge in [0.05, 0.1) is 13.2 Å². The standard InChI is InChI=1S/C32H43NO6/c1-39-32-15-21-5-11-30(37)26(8-4-20(12-13-34)27(21)17-31(32)38)29(36)10-3-19-2-7-24-22(14-19)18-33-28-16-23(35)6-9-25(24)28/h15,17,19-20,22,24-26,28-29,33-34,36,38H,2-3,5-7,9-14,16,18H2,1H3/t19-,20+,22+,24+,25-,26-,28-,29-/m1/s1. The van der Waals surface area contributed by atoms with Gasteiger partial charge < -0.3 is 25.4 Å². The number of fused-ring (bicyclic) bond motifs is 4. The van der Waals surface area contributed by atoms with Crippen LogP contribution in [0.25, 0.3) is 0 Å². The summed E-state index contributed by atoms with van der Waals surface area (Å²) in [6.45, 7) is 0.918. The first-order valence-corrected chi connectivity index (χ1v) is 14.9. The summed E-state index contributed by atoms with van der Waals surface area (Å²) in [4.78, 5) is 25.1. The van der Waals surface area contributed by atoms with Crippen LogP contribution in [0.5, 0.6) is 11.5 Å². The number of aryl methyl sites for hydroxylation is 1. The Balaban J connectivity index is 1.22. The Bertz CT molecular complexity index is 1120. The second-order valence-corrected chi connectivity index (χ2v) is 12.2. The van der Waals surface area contributed by atoms with Crippen LogP contribution in [-0.4, -0.2) is 59.3 Å². The van der Waals surface area contributed by atoms with Gasteiger partial charge in [-0.3, -0.25) is 9.59 Å². The SMILES string of the molecule is COc1cc2c(cc1O)[C@H](CCO)C#C[C@H]([C@H](O)CC[C@H]1CC[C@H]3[C@H](CN[C@@H]4CC(=O)CC[C@H]34)C1)C(=O)CC2. The number of rotatable bonds is 7. The van der Waals surface area contributed by atoms with Crippen molar-refractivity contribution in [2.45, 2.75) is 88.7 Å². The predicted octanol–water partition coefficient (Wildman–Crippen LogP) is 3.52. The first-order valence-electron chi connectivity index (χ1n) is 14.9. The van der Waals surface area contributed by atoms with Gasteiger partial charge in [0.1, 0.15) is 11.7 Å². The first-order chi connectivity index (χ1) is 18.9. The molecule has 7 nitrogen and oxygen atoms in total. The third kappa shape index (κ3) is 6.19. The fourth-order valence-corrected chi connectivity index (χ4v) is 7.85. The van der Waals surface area contributed by atoms with Crippen LogP contribution in [0.2, 0.25) is 0 Å². The van der Waals surface area contributed by atoms with Gasteiger partial charge in [0.25, 0.3) is 0 Å². The minimum absolute atomic E-state index is 0.0125. The van der Waals surface area contributed by atoms with E-state index < -0.39 is 12.0 Å². The van der Waals surface area contributed by atoms with Gasteiger partial charge in [-0.2, -0.15) is 0 Å². The maximum atomic E-state index is 13.2. The molecule has 0 amide bonds. The molecule has 1 aliphatic heterocycles. The molecule has 1 saturated heterocycles. The Morgan fingerprint density at radius 3 is 2.72 bits per heavy atom. The van der Waals surface area contributed by atoms with E-state index in [1.165, 1.54) is 13.5 Å². The molecule has 0 radical (unpaired) electrons. The molecule has 0 unspecified atom stereocenters. The van der Waals surface area contributed by atoms with Crippen LogP contribution in [0.15, 0.2) is 12.1 Å². The number of carbonyl (C=O) groups excluding carboxylic acids is 2. The number of benzene rings is 1. The highest BCUT2D eigenvalue weighted by atomic mass is 16.5. The highest BCUT2D eigenvalue weighted by molar-refractivity contribution is 5.85. The van der Waals surface area contributed by atoms with Crippen molar-refractivity contribution in [1.82, 2.24) is 5.32 Å². The van der Waals surface area contributed by atoms with Gasteiger partial charge in [-0.1, -0.05) is 18.3 Å². The second-order valence-electron chi connectivity index (χ2n) is 12.2. The molecule has 7 heteroatoms. The van der Waals surface area contributed by atoms with Crippen molar-refractivity contribution < 1.29 is 29.6 Å². The molecule has 1 aromatic rings. The van der Waals surface area contributed by atoms with Crippen LogP contribution in [0.3, 0.4) is 0 Å². The molecule has 5 rings (SSSR count). The van der Waals surface area contributed by atoms with Crippen LogP contribution in [-0.2, 0) is 16.0 Å². The molecule has 4 N–H and O–H groups in total. The van der Waals surface area contributed by atoms with Gasteiger partial charge in [0.2, 0.25) is 0 Å². The minimum atomic E-state index is -0.820. The third-order valence-electron chi connectivity index (χ3n) is 9.95. The van der Waals surface area contributed by atoms with E-state index in [0.29, 0.717) is 66.9 Å². The molecular weight excluding hydrogens is 494 g/mol. The molecule has 39 heavy (non-hydrogen) atoms. The number of aliphatic hydroxyl groups is 2. The highest BCUT2D eigenvalue weighted by Gasteiger charge is 2.44. The van der Waals surface area contributed by atoms with Crippen molar-refractivity contribution in [2.75, 3.05) is 20.3 Å². The second kappa shape index (κ2) is 12.4. The van der Waals surface area contributed by atoms with Crippen molar-refractivity contribution in [3.63, 3.8) is 0 Å². The third-order valence-corrected chi connectivity index (χ3v) is 9.95. The summed E-state index contributed by atoms with van der Waals surface area (Å²) >= 11 is 0. The molecule has 4 aliphatic rings. The fourth-order valence-electron chi connectivity index (χ4n) is 7.85. The maximum Gasteiger partial charge on any atom is 0.160 e. The number of nitrogens with one attached hydrogen (secondary N) is 1. The molecule has 3 aliphatic carbocycles. The average Bonchev–Trinajstić information content (AvgIpc) is 2.99. The van der Waals surface area contributed by atoms with Gasteiger partial charge in [0, 0.05) is 37.8 Å². The summed E-state index contributed by atoms with van der Waals surface area (Å²) in [6, 6.07) is 3.75. The van der Waals surface area contributed by atoms with Crippen LogP contribution in [0, 0.1) is 41.4 Å². The van der Waals surface area contributed by atoms with Crippen molar-refractivity contribution >= 4 is 11.6 Å². The minimum Gasteiger partial charge on any atom is -0.504 e. The smallest absolute Gasteiger partial charge is 0.160 e. The maximum absolute atomic E-state index is 13.2. The van der Waals surface area contributed by atoms with E-state index in [4.69, 9.17) is 4.74 Å². The summed E-state index contributed by atoms with van der Waals surface area (Å²) in [7, 11) is 1.49. The molecule has 2 saturated carbocycles. The number of aromatic hydroxyl groups is 1. The Morgan fingerprint density at radius 1 is 1.08 bits per heavy atom. The Labute approximate surface area is 231 Å². The van der Waals surface area contributed by atoms with E-state index in [1.54, 1.807) is 12.1 Å². The van der Waals surface area contributed by atoms with E-state index in [2.05, 4.69) is 17.2 Å². The summed E-state index contributed by atoms with van der Waals surface area (Å²) in [5.74, 6) is 8.38. The topological polar surface area (TPSA) is 116 Å². The van der Waals surface area contributed by atoms with Gasteiger partial charge in [-0.25, -0.2) is 0 Å². The summed E-state index contributed by atoms with van der Waals surface area (Å²) < 4.78 is 5.27. The van der Waals surface area contributed by atoms with Crippen LogP contribution in [0.4, 0.5) is 0 Å². The molecule has 3 fully saturated rings. The van der Waals surface area contributed by atoms with Crippen LogP contribution in [0.1, 0.15) is 81.3 Å². The number of phenols is 1. The lowest BCUT2D eigenvalue weighted by molar-refractivity contribution is -0.124. The Morgan fingerprint density at radius 2 is 1.92 bits per heavy atom. The van der Waals surface area contributed by atoms with E-state index >= 15 is 0 Å². The number of phenolic OH excluding ortho intramolecular Hbond substituents is 1. The number of Topliss-reactive ketones (excluding diaryl/α,β-unsaturated/α-hetero) is 2. The van der Waals surface area contributed by atoms with Crippen LogP contribution < -0.4 is 10.1 Å². The molecule has 8 atom stereocenters. The molecule has 0 spiro atoms. The number of ketones is 2. The zero-order valence-electron chi connectivity index (χ0n) is 23.0. The van der Waals surface area contributed by atoms with Crippen molar-refractivity contribution in [1.29, 1.82) is 0 Å². The number of hydrogen-bond acceptors (Lipinski definition) is 7. The monoisotopic (exact) mass is 537 g/mol. The van der Waals surface area contributed by atoms with E-state index in [9.17, 15) is 24.9 Å².